The van der Waals surface area contributed by atoms with E-state index in [2.05, 4.69) is 31.2 Å². The Bertz CT molecular complexity index is 3670. The first-order chi connectivity index (χ1) is 48.2. The van der Waals surface area contributed by atoms with Crippen LogP contribution in [0.1, 0.15) is 91.9 Å². The third-order valence-corrected chi connectivity index (χ3v) is 18.7. The fourth-order valence-electron chi connectivity index (χ4n) is 11.7. The predicted molar refractivity (Wildman–Crippen MR) is 376 cm³/mol. The smallest absolute Gasteiger partial charge is 0.415 e. The van der Waals surface area contributed by atoms with Crippen molar-refractivity contribution in [3.05, 3.63) is 94.5 Å². The number of likely N-dealkylation sites (N-methyl/N-ethyl adjacent to an activating group) is 2. The number of nitrogens with zero attached hydrogens (tertiary/aromatic N) is 5. The van der Waals surface area contributed by atoms with Crippen molar-refractivity contribution < 1.29 is 81.1 Å². The molecule has 1 saturated heterocycles. The SMILES string of the molecule is Cc1csc2c(OC(=O)N(C)CCN(C)C(=O)OCc3ccc(NC(=O)[C@H](CCCNC(N)=O)CC(=O)[C@@H](NC(=O)CCOCCOCCOCCOCCNC(=O)CCN4C(=O)C=CC4=O)C(C)C)cc3)cc3c(c12)[C@@H](CCl)CN3C(=O)c1cc2cc(OCCN3CCCC3)ccc2[nH]1. The molecule has 0 radical (unpaired) electrons. The van der Waals surface area contributed by atoms with E-state index in [9.17, 15) is 47.9 Å². The predicted octanol–water partition coefficient (Wildman–Crippen LogP) is 6.84. The molecule has 0 aliphatic carbocycles. The fraction of sp³-hybridized carbons (Fsp3) is 0.514. The van der Waals surface area contributed by atoms with Gasteiger partial charge in [-0.1, -0.05) is 26.0 Å². The molecule has 3 aliphatic rings. The zero-order valence-electron chi connectivity index (χ0n) is 57.4. The maximum atomic E-state index is 14.5. The van der Waals surface area contributed by atoms with Crippen LogP contribution in [-0.2, 0) is 59.1 Å². The Hall–Kier alpha value is -8.71. The zero-order chi connectivity index (χ0) is 71.7. The van der Waals surface area contributed by atoms with Crippen LogP contribution in [0.15, 0.2) is 72.1 Å². The monoisotopic (exact) mass is 1430 g/mol. The molecule has 0 spiro atoms. The van der Waals surface area contributed by atoms with Crippen molar-refractivity contribution in [3.8, 4) is 11.5 Å². The second kappa shape index (κ2) is 38.8. The van der Waals surface area contributed by atoms with Gasteiger partial charge in [0.15, 0.2) is 11.5 Å². The lowest BCUT2D eigenvalue weighted by atomic mass is 9.89. The lowest BCUT2D eigenvalue weighted by molar-refractivity contribution is -0.137. The van der Waals surface area contributed by atoms with E-state index < -0.39 is 53.8 Å². The number of aryl methyl sites for hydroxylation is 1. The van der Waals surface area contributed by atoms with Gasteiger partial charge in [-0.25, -0.2) is 14.4 Å². The van der Waals surface area contributed by atoms with Gasteiger partial charge in [0.25, 0.3) is 17.7 Å². The number of ketones is 1. The van der Waals surface area contributed by atoms with Gasteiger partial charge in [-0.15, -0.1) is 22.9 Å². The van der Waals surface area contributed by atoms with Gasteiger partial charge in [-0.3, -0.25) is 43.4 Å². The van der Waals surface area contributed by atoms with Gasteiger partial charge in [-0.2, -0.15) is 0 Å². The minimum atomic E-state index is -0.903. The molecule has 10 amide bonds. The Kier molecular flexibility index (Phi) is 29.9. The summed E-state index contributed by atoms with van der Waals surface area (Å²) in [6, 6.07) is 14.3. The number of carbonyl (C=O) groups excluding carboxylic acids is 10. The van der Waals surface area contributed by atoms with Gasteiger partial charge >= 0.3 is 18.2 Å². The topological polar surface area (TPSA) is 341 Å². The number of Topliss-reactive ketones (excluding diaryl/α,β-unsaturated/α-hetero) is 1. The lowest BCUT2D eigenvalue weighted by Crippen LogP contribution is -2.45. The van der Waals surface area contributed by atoms with Crippen LogP contribution in [0, 0.1) is 18.8 Å². The minimum Gasteiger partial charge on any atom is -0.492 e. The quantitative estimate of drug-likeness (QED) is 0.0132. The average Bonchev–Trinajstić information content (AvgIpc) is 1.58. The van der Waals surface area contributed by atoms with E-state index in [0.29, 0.717) is 68.6 Å². The number of rotatable bonds is 41. The summed E-state index contributed by atoms with van der Waals surface area (Å²) in [6.07, 6.45) is 3.73. The fourth-order valence-corrected chi connectivity index (χ4v) is 12.9. The first-order valence-corrected chi connectivity index (χ1v) is 35.2. The van der Waals surface area contributed by atoms with Crippen LogP contribution < -0.4 is 41.4 Å². The number of benzene rings is 3. The van der Waals surface area contributed by atoms with Gasteiger partial charge in [0.2, 0.25) is 17.7 Å². The van der Waals surface area contributed by atoms with Crippen LogP contribution in [0.25, 0.3) is 21.0 Å². The molecule has 0 unspecified atom stereocenters. The van der Waals surface area contributed by atoms with Gasteiger partial charge in [-0.05, 0) is 110 Å². The second-order valence-corrected chi connectivity index (χ2v) is 26.2. The van der Waals surface area contributed by atoms with Crippen molar-refractivity contribution >= 4 is 115 Å². The number of H-pyrrole nitrogens is 1. The number of halogens is 1. The standard InChI is InChI=1S/C70H92ClN11O17S/c1-45(2)64(77-59(85)19-28-93-31-33-95-35-36-96-34-32-94-29-21-73-58(84)18-24-81-60(86)16-17-61(81)87)56(83)39-48(9-8-20-74-68(72)90)66(88)75-51-12-10-47(11-13-51)43-98-69(91)78(4)25-26-79(5)70(92)99-57-40-55-63(62-46(3)44-100-65(57)62)50(41-71)42-82(55)67(89)54-38-49-37-52(14-15-53(49)76-54)97-30-27-80-22-6-7-23-80/h10-17,37-38,40,44-45,48,50,64,76H,6-9,18-36,39,41-43H2,1-5H3,(H,73,84)(H,75,88)(H,77,85)(H3,72,74,90)/t48-,50+,64+/m1/s1. The number of urea groups is 1. The van der Waals surface area contributed by atoms with Crippen molar-refractivity contribution in [1.29, 1.82) is 0 Å². The maximum Gasteiger partial charge on any atom is 0.415 e. The number of imide groups is 1. The Morgan fingerprint density at radius 2 is 1.44 bits per heavy atom. The van der Waals surface area contributed by atoms with Crippen LogP contribution in [0.4, 0.5) is 25.8 Å². The minimum absolute atomic E-state index is 0.00248. The normalized spacial score (nSPS) is 14.9. The number of nitrogens with two attached hydrogens (primary N) is 1. The molecule has 7 N–H and O–H groups in total. The molecule has 0 bridgehead atoms. The number of thiophene rings is 1. The van der Waals surface area contributed by atoms with Crippen LogP contribution in [0.5, 0.6) is 11.5 Å². The lowest BCUT2D eigenvalue weighted by Gasteiger charge is -2.24. The number of aromatic nitrogens is 1. The number of ether oxygens (including phenoxy) is 7. The Labute approximate surface area is 590 Å². The highest BCUT2D eigenvalue weighted by Gasteiger charge is 2.38. The molecule has 28 nitrogen and oxygen atoms in total. The highest BCUT2D eigenvalue weighted by atomic mass is 35.5. The summed E-state index contributed by atoms with van der Waals surface area (Å²) in [5.41, 5.74) is 9.97. The first kappa shape index (κ1) is 77.0. The largest absolute Gasteiger partial charge is 0.492 e. The van der Waals surface area contributed by atoms with E-state index in [1.165, 1.54) is 46.1 Å². The molecular formula is C70H92ClN11O17S. The highest BCUT2D eigenvalue weighted by molar-refractivity contribution is 7.17. The van der Waals surface area contributed by atoms with Crippen molar-refractivity contribution in [2.24, 2.45) is 17.6 Å². The molecule has 30 heteroatoms. The third kappa shape index (κ3) is 22.7. The van der Waals surface area contributed by atoms with Gasteiger partial charge in [0.05, 0.1) is 69.3 Å². The number of amides is 10. The van der Waals surface area contributed by atoms with E-state index in [1.807, 2.05) is 36.6 Å². The molecule has 100 heavy (non-hydrogen) atoms. The Morgan fingerprint density at radius 1 is 0.770 bits per heavy atom. The number of carbonyl (C=O) groups is 10. The van der Waals surface area contributed by atoms with Gasteiger partial charge in [0, 0.05) is 137 Å². The van der Waals surface area contributed by atoms with E-state index in [-0.39, 0.29) is 133 Å². The number of hydrogen-bond acceptors (Lipinski definition) is 19. The summed E-state index contributed by atoms with van der Waals surface area (Å²) in [5.74, 6) is -2.70. The summed E-state index contributed by atoms with van der Waals surface area (Å²) in [4.78, 5) is 140. The number of likely N-dealkylation sites (tertiary alicyclic amines) is 1. The van der Waals surface area contributed by atoms with Crippen LogP contribution in [-0.4, -0.2) is 228 Å². The van der Waals surface area contributed by atoms with Crippen molar-refractivity contribution in [1.82, 2.24) is 40.5 Å². The van der Waals surface area contributed by atoms with Crippen LogP contribution in [0.3, 0.4) is 0 Å². The van der Waals surface area contributed by atoms with Crippen molar-refractivity contribution in [2.75, 3.05) is 149 Å². The van der Waals surface area contributed by atoms with Gasteiger partial charge in [0.1, 0.15) is 24.7 Å². The average molecular weight is 1430 g/mol. The summed E-state index contributed by atoms with van der Waals surface area (Å²) in [7, 11) is 3.10. The van der Waals surface area contributed by atoms with Crippen molar-refractivity contribution in [3.63, 3.8) is 0 Å². The molecule has 3 atom stereocenters. The second-order valence-electron chi connectivity index (χ2n) is 25.0. The Morgan fingerprint density at radius 3 is 2.11 bits per heavy atom. The number of aromatic amines is 1. The number of anilines is 2. The summed E-state index contributed by atoms with van der Waals surface area (Å²) >= 11 is 8.06. The van der Waals surface area contributed by atoms with E-state index >= 15 is 0 Å². The van der Waals surface area contributed by atoms with Gasteiger partial charge < -0.3 is 79.8 Å². The van der Waals surface area contributed by atoms with E-state index in [1.54, 1.807) is 63.2 Å². The first-order valence-electron chi connectivity index (χ1n) is 33.8. The maximum absolute atomic E-state index is 14.5. The molecule has 5 heterocycles. The molecule has 8 rings (SSSR count). The summed E-state index contributed by atoms with van der Waals surface area (Å²) in [5, 5.41) is 14.6. The number of hydrogen-bond donors (Lipinski definition) is 6. The number of primary amides is 1. The van der Waals surface area contributed by atoms with Crippen LogP contribution in [0.2, 0.25) is 0 Å². The number of nitrogens with one attached hydrogen (secondary N) is 5. The molecule has 1 fully saturated rings. The number of fused-ring (bicyclic) bond motifs is 4. The summed E-state index contributed by atoms with van der Waals surface area (Å²) < 4.78 is 40.6. The summed E-state index contributed by atoms with van der Waals surface area (Å²) in [6.45, 7) is 12.0. The van der Waals surface area contributed by atoms with Crippen LogP contribution >= 0.6 is 22.9 Å². The van der Waals surface area contributed by atoms with E-state index in [0.717, 1.165) is 62.4 Å². The highest BCUT2D eigenvalue weighted by Crippen LogP contribution is 2.49. The Balaban J connectivity index is 0.728. The molecule has 3 aromatic carbocycles. The molecular weight excluding hydrogens is 1330 g/mol. The third-order valence-electron chi connectivity index (χ3n) is 17.2. The zero-order valence-corrected chi connectivity index (χ0v) is 58.9. The molecule has 2 aromatic heterocycles. The molecule has 542 valence electrons. The number of alkyl halides is 1. The molecule has 0 saturated carbocycles. The molecule has 5 aromatic rings. The van der Waals surface area contributed by atoms with Crippen molar-refractivity contribution in [2.45, 2.75) is 84.3 Å². The molecule has 3 aliphatic heterocycles. The van der Waals surface area contributed by atoms with E-state index in [4.69, 9.17) is 50.5 Å².